The largest absolute Gasteiger partial charge is 0.489 e. The highest BCUT2D eigenvalue weighted by atomic mass is 32.2. The van der Waals surface area contributed by atoms with Crippen molar-refractivity contribution in [3.8, 4) is 5.75 Å². The first-order valence-corrected chi connectivity index (χ1v) is 9.05. The molecule has 0 atom stereocenters. The molecule has 0 aromatic heterocycles. The van der Waals surface area contributed by atoms with Gasteiger partial charge in [0, 0.05) is 25.1 Å². The number of hydrogen-bond donors (Lipinski definition) is 1. The molecule has 0 heterocycles. The van der Waals surface area contributed by atoms with E-state index in [9.17, 15) is 17.6 Å². The van der Waals surface area contributed by atoms with Crippen LogP contribution in [0.5, 0.6) is 5.75 Å². The van der Waals surface area contributed by atoms with Crippen LogP contribution in [0.2, 0.25) is 0 Å². The first-order valence-electron chi connectivity index (χ1n) is 7.40. The highest BCUT2D eigenvalue weighted by Gasteiger charge is 2.21. The van der Waals surface area contributed by atoms with Gasteiger partial charge in [0.05, 0.1) is 11.2 Å². The van der Waals surface area contributed by atoms with Crippen molar-refractivity contribution in [1.29, 1.82) is 0 Å². The first-order chi connectivity index (χ1) is 11.2. The van der Waals surface area contributed by atoms with Crippen LogP contribution in [0.1, 0.15) is 13.8 Å². The van der Waals surface area contributed by atoms with Crippen molar-refractivity contribution in [2.24, 2.45) is 11.7 Å². The fourth-order valence-electron chi connectivity index (χ4n) is 1.89. The van der Waals surface area contributed by atoms with Gasteiger partial charge in [-0.1, -0.05) is 13.8 Å². The molecular formula is C16H23FN2O4S. The van der Waals surface area contributed by atoms with E-state index in [2.05, 4.69) is 0 Å². The maximum atomic E-state index is 12.4. The lowest BCUT2D eigenvalue weighted by Gasteiger charge is -2.19. The van der Waals surface area contributed by atoms with Gasteiger partial charge in [0.25, 0.3) is 0 Å². The monoisotopic (exact) mass is 358 g/mol. The summed E-state index contributed by atoms with van der Waals surface area (Å²) in [6, 6.07) is 5.73. The van der Waals surface area contributed by atoms with Gasteiger partial charge in [0.1, 0.15) is 18.2 Å². The molecule has 6 nitrogen and oxygen atoms in total. The van der Waals surface area contributed by atoms with Crippen molar-refractivity contribution in [3.63, 3.8) is 0 Å². The van der Waals surface area contributed by atoms with Gasteiger partial charge >= 0.3 is 0 Å². The predicted octanol–water partition coefficient (Wildman–Crippen LogP) is 1.72. The van der Waals surface area contributed by atoms with Crippen LogP contribution < -0.4 is 10.5 Å². The van der Waals surface area contributed by atoms with E-state index < -0.39 is 15.7 Å². The first kappa shape index (κ1) is 20.1. The maximum Gasteiger partial charge on any atom is 0.225 e. The zero-order chi connectivity index (χ0) is 18.3. The van der Waals surface area contributed by atoms with Gasteiger partial charge in [-0.3, -0.25) is 4.79 Å². The number of carbonyl (C=O) groups excluding carboxylic acids is 1. The summed E-state index contributed by atoms with van der Waals surface area (Å²) < 4.78 is 42.4. The van der Waals surface area contributed by atoms with Crippen molar-refractivity contribution in [2.45, 2.75) is 18.7 Å². The van der Waals surface area contributed by atoms with Gasteiger partial charge in [-0.15, -0.1) is 0 Å². The van der Waals surface area contributed by atoms with E-state index in [-0.39, 0.29) is 29.9 Å². The zero-order valence-corrected chi connectivity index (χ0v) is 14.8. The Morgan fingerprint density at radius 3 is 2.38 bits per heavy atom. The van der Waals surface area contributed by atoms with Crippen LogP contribution in [0.3, 0.4) is 0 Å². The molecule has 0 saturated carbocycles. The molecule has 1 aromatic rings. The van der Waals surface area contributed by atoms with Crippen LogP contribution in [0.4, 0.5) is 4.39 Å². The molecule has 0 spiro atoms. The quantitative estimate of drug-likeness (QED) is 0.764. The second-order valence-corrected chi connectivity index (χ2v) is 7.63. The molecule has 8 heteroatoms. The number of nitrogens with two attached hydrogens (primary N) is 1. The third-order valence-corrected chi connectivity index (χ3v) is 4.97. The summed E-state index contributed by atoms with van der Waals surface area (Å²) in [6.45, 7) is 3.45. The number of benzene rings is 1. The van der Waals surface area contributed by atoms with Crippen LogP contribution in [-0.2, 0) is 14.6 Å². The fraction of sp³-hybridized carbons (Fsp3) is 0.438. The normalized spacial score (nSPS) is 12.3. The number of nitrogens with zero attached hydrogens (tertiary/aromatic N) is 1. The lowest BCUT2D eigenvalue weighted by molar-refractivity contribution is -0.132. The van der Waals surface area contributed by atoms with Crippen molar-refractivity contribution in [1.82, 2.24) is 4.90 Å². The lowest BCUT2D eigenvalue weighted by atomic mass is 10.2. The average molecular weight is 358 g/mol. The molecule has 24 heavy (non-hydrogen) atoms. The minimum Gasteiger partial charge on any atom is -0.489 e. The summed E-state index contributed by atoms with van der Waals surface area (Å²) in [6.07, 6.45) is 0.389. The zero-order valence-electron chi connectivity index (χ0n) is 14.0. The Labute approximate surface area is 142 Å². The van der Waals surface area contributed by atoms with Gasteiger partial charge in [-0.25, -0.2) is 12.8 Å². The summed E-state index contributed by atoms with van der Waals surface area (Å²) >= 11 is 0. The second-order valence-electron chi connectivity index (χ2n) is 5.67. The number of rotatable bonds is 8. The van der Waals surface area contributed by atoms with Crippen LogP contribution in [0.15, 0.2) is 41.1 Å². The highest BCUT2D eigenvalue weighted by Crippen LogP contribution is 2.18. The molecule has 1 aromatic carbocycles. The number of sulfone groups is 1. The van der Waals surface area contributed by atoms with Gasteiger partial charge in [-0.2, -0.15) is 0 Å². The molecule has 0 aliphatic rings. The molecule has 0 fully saturated rings. The molecule has 0 aliphatic carbocycles. The second kappa shape index (κ2) is 8.79. The maximum absolute atomic E-state index is 12.4. The van der Waals surface area contributed by atoms with Crippen LogP contribution in [-0.4, -0.2) is 45.3 Å². The molecule has 0 saturated heterocycles. The topological polar surface area (TPSA) is 89.7 Å². The molecule has 0 unspecified atom stereocenters. The summed E-state index contributed by atoms with van der Waals surface area (Å²) in [4.78, 5) is 13.1. The van der Waals surface area contributed by atoms with E-state index >= 15 is 0 Å². The van der Waals surface area contributed by atoms with E-state index in [0.717, 1.165) is 0 Å². The molecular weight excluding hydrogens is 335 g/mol. The van der Waals surface area contributed by atoms with Crippen molar-refractivity contribution >= 4 is 15.7 Å². The Kier molecular flexibility index (Phi) is 7.37. The number of amides is 1. The summed E-state index contributed by atoms with van der Waals surface area (Å²) in [5, 5.41) is 0. The lowest BCUT2D eigenvalue weighted by Crippen LogP contribution is -2.34. The summed E-state index contributed by atoms with van der Waals surface area (Å²) in [7, 11) is -2.18. The van der Waals surface area contributed by atoms with E-state index in [4.69, 9.17) is 10.5 Å². The number of ether oxygens (including phenoxy) is 1. The summed E-state index contributed by atoms with van der Waals surface area (Å²) in [5.41, 5.74) is 5.61. The van der Waals surface area contributed by atoms with E-state index in [0.29, 0.717) is 17.7 Å². The van der Waals surface area contributed by atoms with Gasteiger partial charge in [0.2, 0.25) is 5.91 Å². The van der Waals surface area contributed by atoms with Gasteiger partial charge in [-0.05, 0) is 24.3 Å². The smallest absolute Gasteiger partial charge is 0.225 e. The molecule has 0 radical (unpaired) electrons. The Morgan fingerprint density at radius 1 is 1.33 bits per heavy atom. The minimum atomic E-state index is -3.64. The minimum absolute atomic E-state index is 0.00920. The third-order valence-electron chi connectivity index (χ3n) is 3.26. The van der Waals surface area contributed by atoms with Crippen molar-refractivity contribution < 1.29 is 22.3 Å². The predicted molar refractivity (Wildman–Crippen MR) is 89.8 cm³/mol. The van der Waals surface area contributed by atoms with E-state index in [1.54, 1.807) is 13.8 Å². The third kappa shape index (κ3) is 5.61. The number of carbonyl (C=O) groups is 1. The van der Waals surface area contributed by atoms with E-state index in [1.807, 2.05) is 0 Å². The van der Waals surface area contributed by atoms with Crippen LogP contribution in [0.25, 0.3) is 0 Å². The van der Waals surface area contributed by atoms with Crippen LogP contribution >= 0.6 is 0 Å². The molecule has 1 amide bonds. The Morgan fingerprint density at radius 2 is 1.92 bits per heavy atom. The Hall–Kier alpha value is -1.93. The molecule has 0 aliphatic heterocycles. The van der Waals surface area contributed by atoms with E-state index in [1.165, 1.54) is 36.2 Å². The number of hydrogen-bond acceptors (Lipinski definition) is 5. The fourth-order valence-corrected chi connectivity index (χ4v) is 3.23. The molecule has 0 bridgehead atoms. The van der Waals surface area contributed by atoms with Gasteiger partial charge < -0.3 is 15.4 Å². The molecule has 2 N–H and O–H groups in total. The van der Waals surface area contributed by atoms with Crippen molar-refractivity contribution in [3.05, 3.63) is 36.2 Å². The molecule has 134 valence electrons. The summed E-state index contributed by atoms with van der Waals surface area (Å²) in [5.74, 6) is -0.521. The van der Waals surface area contributed by atoms with Crippen LogP contribution in [0, 0.1) is 5.92 Å². The Balaban J connectivity index is 2.78. The Bertz CT molecular complexity index is 685. The van der Waals surface area contributed by atoms with Gasteiger partial charge in [0.15, 0.2) is 9.84 Å². The SMILES string of the molecule is CC(C)C(=O)N(C)CS(=O)(=O)c1ccc(OC/C(=C/F)CN)cc1. The van der Waals surface area contributed by atoms with Crippen molar-refractivity contribution in [2.75, 3.05) is 26.1 Å². The number of halogens is 1. The highest BCUT2D eigenvalue weighted by molar-refractivity contribution is 7.91. The standard InChI is InChI=1S/C16H23FN2O4S/c1-12(2)16(20)19(3)11-24(21,22)15-6-4-14(5-7-15)23-10-13(8-17)9-18/h4-8,12H,9-11,18H2,1-3H3/b13-8+. The molecule has 1 rings (SSSR count). The average Bonchev–Trinajstić information content (AvgIpc) is 2.55.